The molecule has 0 radical (unpaired) electrons. The zero-order valence-electron chi connectivity index (χ0n) is 20.0. The van der Waals surface area contributed by atoms with Gasteiger partial charge in [-0.25, -0.2) is 9.07 Å². The van der Waals surface area contributed by atoms with E-state index >= 15 is 0 Å². The summed E-state index contributed by atoms with van der Waals surface area (Å²) in [6.45, 7) is 1.56. The van der Waals surface area contributed by atoms with E-state index in [0.717, 1.165) is 6.07 Å². The molecule has 12 heteroatoms. The van der Waals surface area contributed by atoms with E-state index in [9.17, 15) is 27.5 Å². The fourth-order valence-corrected chi connectivity index (χ4v) is 4.01. The summed E-state index contributed by atoms with van der Waals surface area (Å²) in [5, 5.41) is 21.0. The van der Waals surface area contributed by atoms with E-state index in [2.05, 4.69) is 20.5 Å². The van der Waals surface area contributed by atoms with Crippen LogP contribution in [-0.4, -0.2) is 35.6 Å². The van der Waals surface area contributed by atoms with Gasteiger partial charge in [0.25, 0.3) is 5.91 Å². The smallest absolute Gasteiger partial charge is 0.389 e. The summed E-state index contributed by atoms with van der Waals surface area (Å²) in [4.78, 5) is 17.6. The van der Waals surface area contributed by atoms with Crippen LogP contribution in [0, 0.1) is 5.82 Å². The molecule has 3 aromatic heterocycles. The molecular weight excluding hydrogens is 504 g/mol. The first-order chi connectivity index (χ1) is 18.0. The minimum atomic E-state index is -4.88. The molecule has 0 saturated heterocycles. The van der Waals surface area contributed by atoms with Crippen molar-refractivity contribution in [2.45, 2.75) is 19.2 Å². The van der Waals surface area contributed by atoms with Crippen molar-refractivity contribution in [3.05, 3.63) is 89.5 Å². The summed E-state index contributed by atoms with van der Waals surface area (Å²) >= 11 is 0. The second-order valence-corrected chi connectivity index (χ2v) is 8.61. The van der Waals surface area contributed by atoms with E-state index in [1.807, 2.05) is 0 Å². The highest BCUT2D eigenvalue weighted by molar-refractivity contribution is 6.08. The van der Waals surface area contributed by atoms with Crippen LogP contribution in [0.5, 0.6) is 0 Å². The number of aryl methyl sites for hydroxylation is 1. The lowest BCUT2D eigenvalue weighted by molar-refractivity contribution is -0.137. The predicted octanol–water partition coefficient (Wildman–Crippen LogP) is 5.28. The standard InChI is InChI=1S/C26H20F4N6O2/c1-14(37)15-10-22-23(31-13-15)24(36(34-22)16-6-4-3-5-7-16)32-25(38)18-11-17(21-8-9-35(2)33-21)19(12-20(18)27)26(28,29)30/h3-14,37H,1-2H3,(H,32,38)/t14-/m0/s1. The molecule has 0 saturated carbocycles. The van der Waals surface area contributed by atoms with E-state index in [0.29, 0.717) is 22.8 Å². The number of nitrogens with zero attached hydrogens (tertiary/aromatic N) is 5. The Morgan fingerprint density at radius 1 is 1.08 bits per heavy atom. The van der Waals surface area contributed by atoms with Crippen LogP contribution in [0.3, 0.4) is 0 Å². The van der Waals surface area contributed by atoms with Crippen molar-refractivity contribution in [2.24, 2.45) is 7.05 Å². The number of pyridine rings is 1. The summed E-state index contributed by atoms with van der Waals surface area (Å²) < 4.78 is 58.8. The molecule has 0 bridgehead atoms. The number of hydrogen-bond acceptors (Lipinski definition) is 5. The number of rotatable bonds is 5. The van der Waals surface area contributed by atoms with Crippen molar-refractivity contribution in [3.63, 3.8) is 0 Å². The summed E-state index contributed by atoms with van der Waals surface area (Å²) in [6.07, 6.45) is -2.84. The number of halogens is 4. The number of hydrogen-bond donors (Lipinski definition) is 2. The monoisotopic (exact) mass is 524 g/mol. The zero-order valence-corrected chi connectivity index (χ0v) is 20.0. The second kappa shape index (κ2) is 9.38. The molecule has 5 aromatic rings. The van der Waals surface area contributed by atoms with Gasteiger partial charge in [-0.1, -0.05) is 18.2 Å². The van der Waals surface area contributed by atoms with Gasteiger partial charge in [0.05, 0.1) is 28.6 Å². The van der Waals surface area contributed by atoms with Crippen LogP contribution >= 0.6 is 0 Å². The molecule has 2 N–H and O–H groups in total. The number of carbonyl (C=O) groups excluding carboxylic acids is 1. The van der Waals surface area contributed by atoms with E-state index < -0.39 is 40.7 Å². The van der Waals surface area contributed by atoms with Crippen molar-refractivity contribution in [1.29, 1.82) is 0 Å². The van der Waals surface area contributed by atoms with Crippen LogP contribution < -0.4 is 5.32 Å². The Balaban J connectivity index is 1.63. The van der Waals surface area contributed by atoms with Gasteiger partial charge in [-0.15, -0.1) is 0 Å². The lowest BCUT2D eigenvalue weighted by Gasteiger charge is -2.15. The molecule has 0 aliphatic carbocycles. The highest BCUT2D eigenvalue weighted by atomic mass is 19.4. The van der Waals surface area contributed by atoms with Crippen LogP contribution in [0.1, 0.15) is 34.5 Å². The van der Waals surface area contributed by atoms with Gasteiger partial charge in [0.2, 0.25) is 0 Å². The van der Waals surface area contributed by atoms with E-state index in [1.165, 1.54) is 34.9 Å². The first-order valence-electron chi connectivity index (χ1n) is 11.4. The Bertz CT molecular complexity index is 1660. The Morgan fingerprint density at radius 3 is 2.45 bits per heavy atom. The van der Waals surface area contributed by atoms with Crippen LogP contribution in [0.25, 0.3) is 28.0 Å². The fraction of sp³-hybridized carbons (Fsp3) is 0.154. The van der Waals surface area contributed by atoms with Gasteiger partial charge in [-0.3, -0.25) is 14.5 Å². The normalized spacial score (nSPS) is 12.6. The number of amides is 1. The number of para-hydroxylation sites is 1. The number of aromatic nitrogens is 5. The molecule has 0 unspecified atom stereocenters. The maximum Gasteiger partial charge on any atom is 0.417 e. The molecule has 0 aliphatic rings. The zero-order chi connectivity index (χ0) is 27.2. The van der Waals surface area contributed by atoms with Crippen molar-refractivity contribution in [2.75, 3.05) is 5.32 Å². The van der Waals surface area contributed by atoms with Crippen molar-refractivity contribution < 1.29 is 27.5 Å². The molecule has 3 heterocycles. The third-order valence-corrected chi connectivity index (χ3v) is 5.89. The lowest BCUT2D eigenvalue weighted by Crippen LogP contribution is -2.18. The average Bonchev–Trinajstić information content (AvgIpc) is 3.47. The number of fused-ring (bicyclic) bond motifs is 1. The summed E-state index contributed by atoms with van der Waals surface area (Å²) in [5.41, 5.74) is -0.769. The van der Waals surface area contributed by atoms with E-state index in [1.54, 1.807) is 43.3 Å². The molecule has 194 valence electrons. The quantitative estimate of drug-likeness (QED) is 0.305. The topological polar surface area (TPSA) is 97.9 Å². The predicted molar refractivity (Wildman–Crippen MR) is 131 cm³/mol. The van der Waals surface area contributed by atoms with Gasteiger partial charge in [0.1, 0.15) is 16.9 Å². The van der Waals surface area contributed by atoms with Crippen LogP contribution in [0.2, 0.25) is 0 Å². The van der Waals surface area contributed by atoms with Crippen molar-refractivity contribution in [3.8, 4) is 16.9 Å². The minimum absolute atomic E-state index is 0.0685. The van der Waals surface area contributed by atoms with Gasteiger partial charge in [0.15, 0.2) is 5.82 Å². The average molecular weight is 524 g/mol. The number of carbonyl (C=O) groups is 1. The molecule has 38 heavy (non-hydrogen) atoms. The third kappa shape index (κ3) is 4.61. The fourth-order valence-electron chi connectivity index (χ4n) is 4.01. The van der Waals surface area contributed by atoms with Gasteiger partial charge >= 0.3 is 6.18 Å². The molecule has 1 atom stereocenters. The van der Waals surface area contributed by atoms with Crippen LogP contribution in [0.15, 0.2) is 67.0 Å². The second-order valence-electron chi connectivity index (χ2n) is 8.61. The van der Waals surface area contributed by atoms with Gasteiger partial charge in [-0.05, 0) is 43.3 Å². The van der Waals surface area contributed by atoms with Gasteiger partial charge < -0.3 is 10.4 Å². The Labute approximate surface area is 213 Å². The van der Waals surface area contributed by atoms with Crippen molar-refractivity contribution in [1.82, 2.24) is 24.5 Å². The number of benzene rings is 2. The van der Waals surface area contributed by atoms with Gasteiger partial charge in [0, 0.05) is 30.6 Å². The number of aliphatic hydroxyl groups is 1. The van der Waals surface area contributed by atoms with E-state index in [4.69, 9.17) is 0 Å². The summed E-state index contributed by atoms with van der Waals surface area (Å²) in [7, 11) is 1.53. The third-order valence-electron chi connectivity index (χ3n) is 5.89. The van der Waals surface area contributed by atoms with Crippen molar-refractivity contribution >= 4 is 22.8 Å². The lowest BCUT2D eigenvalue weighted by atomic mass is 9.99. The van der Waals surface area contributed by atoms with E-state index in [-0.39, 0.29) is 17.0 Å². The number of alkyl halides is 3. The summed E-state index contributed by atoms with van der Waals surface area (Å²) in [5.74, 6) is -2.28. The highest BCUT2D eigenvalue weighted by Crippen LogP contribution is 2.38. The Morgan fingerprint density at radius 2 is 1.82 bits per heavy atom. The minimum Gasteiger partial charge on any atom is -0.389 e. The van der Waals surface area contributed by atoms with Crippen LogP contribution in [0.4, 0.5) is 23.4 Å². The van der Waals surface area contributed by atoms with Crippen LogP contribution in [-0.2, 0) is 13.2 Å². The first-order valence-corrected chi connectivity index (χ1v) is 11.4. The molecule has 0 fully saturated rings. The molecule has 2 aromatic carbocycles. The number of nitrogens with one attached hydrogen (secondary N) is 1. The molecule has 8 nitrogen and oxygen atoms in total. The summed E-state index contributed by atoms with van der Waals surface area (Å²) in [6, 6.07) is 12.8. The maximum atomic E-state index is 15.0. The Kier molecular flexibility index (Phi) is 6.19. The Hall–Kier alpha value is -4.58. The molecule has 0 aliphatic heterocycles. The molecule has 0 spiro atoms. The maximum absolute atomic E-state index is 15.0. The number of anilines is 1. The first kappa shape index (κ1) is 25.1. The SMILES string of the molecule is C[C@H](O)c1cnc2c(NC(=O)c3cc(-c4ccn(C)n4)c(C(F)(F)F)cc3F)n(-c3ccccc3)nc2c1. The van der Waals surface area contributed by atoms with Gasteiger partial charge in [-0.2, -0.15) is 23.4 Å². The highest BCUT2D eigenvalue weighted by Gasteiger charge is 2.36. The molecule has 1 amide bonds. The molecule has 5 rings (SSSR count). The largest absolute Gasteiger partial charge is 0.417 e. The number of aliphatic hydroxyl groups excluding tert-OH is 1. The molecular formula is C26H20F4N6O2.